The minimum Gasteiger partial charge on any atom is -0.304 e. The summed E-state index contributed by atoms with van der Waals surface area (Å²) < 4.78 is 26.5. The van der Waals surface area contributed by atoms with E-state index in [1.165, 1.54) is 12.3 Å². The maximum Gasteiger partial charge on any atom is 0.242 e. The Morgan fingerprint density at radius 2 is 2.05 bits per heavy atom. The molecule has 0 radical (unpaired) electrons. The molecule has 1 heterocycles. The van der Waals surface area contributed by atoms with Gasteiger partial charge >= 0.3 is 0 Å². The molecule has 0 aliphatic heterocycles. The highest BCUT2D eigenvalue weighted by Gasteiger charge is 2.15. The van der Waals surface area contributed by atoms with Crippen molar-refractivity contribution in [2.75, 3.05) is 20.1 Å². The number of pyridine rings is 1. The average molecular weight is 340 g/mol. The smallest absolute Gasteiger partial charge is 0.242 e. The second-order valence-corrected chi connectivity index (χ2v) is 7.30. The lowest BCUT2D eigenvalue weighted by Gasteiger charge is -2.20. The van der Waals surface area contributed by atoms with Crippen LogP contribution >= 0.6 is 23.2 Å². The van der Waals surface area contributed by atoms with Crippen molar-refractivity contribution >= 4 is 33.2 Å². The summed E-state index contributed by atoms with van der Waals surface area (Å²) in [5.74, 6) is 0. The van der Waals surface area contributed by atoms with Gasteiger partial charge in [0.2, 0.25) is 10.0 Å². The fourth-order valence-electron chi connectivity index (χ4n) is 1.43. The molecule has 8 heteroatoms. The first-order valence-corrected chi connectivity index (χ1v) is 8.49. The third kappa shape index (κ3) is 5.18. The first-order chi connectivity index (χ1) is 9.24. The van der Waals surface area contributed by atoms with Gasteiger partial charge in [-0.05, 0) is 39.9 Å². The van der Waals surface area contributed by atoms with Crippen molar-refractivity contribution in [3.63, 3.8) is 0 Å². The van der Waals surface area contributed by atoms with Gasteiger partial charge in [-0.15, -0.1) is 0 Å². The van der Waals surface area contributed by atoms with Crippen molar-refractivity contribution in [1.82, 2.24) is 14.6 Å². The molecule has 0 spiro atoms. The molecule has 0 atom stereocenters. The number of hydrogen-bond acceptors (Lipinski definition) is 4. The van der Waals surface area contributed by atoms with Gasteiger partial charge in [0.25, 0.3) is 0 Å². The number of nitrogens with zero attached hydrogens (tertiary/aromatic N) is 2. The molecule has 5 nitrogen and oxygen atoms in total. The van der Waals surface area contributed by atoms with Crippen LogP contribution in [0.1, 0.15) is 20.3 Å². The molecular weight excluding hydrogens is 321 g/mol. The van der Waals surface area contributed by atoms with E-state index in [0.717, 1.165) is 13.0 Å². The van der Waals surface area contributed by atoms with E-state index in [1.807, 2.05) is 7.05 Å². The van der Waals surface area contributed by atoms with Gasteiger partial charge in [0.15, 0.2) is 0 Å². The number of sulfonamides is 1. The Morgan fingerprint density at radius 3 is 2.60 bits per heavy atom. The first kappa shape index (κ1) is 17.7. The largest absolute Gasteiger partial charge is 0.304 e. The SMILES string of the molecule is CC(C)N(C)CCCNS(=O)(=O)c1cnc(Cl)c(Cl)c1. The van der Waals surface area contributed by atoms with Crippen LogP contribution in [0.3, 0.4) is 0 Å². The number of rotatable bonds is 7. The first-order valence-electron chi connectivity index (χ1n) is 6.25. The maximum absolute atomic E-state index is 12.0. The van der Waals surface area contributed by atoms with Crippen LogP contribution in [0, 0.1) is 0 Å². The molecule has 0 saturated carbocycles. The van der Waals surface area contributed by atoms with Crippen molar-refractivity contribution in [1.29, 1.82) is 0 Å². The zero-order valence-corrected chi connectivity index (χ0v) is 14.1. The summed E-state index contributed by atoms with van der Waals surface area (Å²) in [4.78, 5) is 5.90. The molecule has 1 aromatic heterocycles. The summed E-state index contributed by atoms with van der Waals surface area (Å²) in [6.07, 6.45) is 1.92. The Balaban J connectivity index is 2.56. The lowest BCUT2D eigenvalue weighted by atomic mass is 10.3. The number of hydrogen-bond donors (Lipinski definition) is 1. The molecule has 0 unspecified atom stereocenters. The lowest BCUT2D eigenvalue weighted by molar-refractivity contribution is 0.271. The van der Waals surface area contributed by atoms with E-state index in [-0.39, 0.29) is 15.1 Å². The lowest BCUT2D eigenvalue weighted by Crippen LogP contribution is -2.31. The molecule has 0 amide bonds. The van der Waals surface area contributed by atoms with E-state index in [1.54, 1.807) is 0 Å². The Kier molecular flexibility index (Phi) is 6.68. The van der Waals surface area contributed by atoms with Gasteiger partial charge in [0.05, 0.1) is 5.02 Å². The molecule has 0 aliphatic carbocycles. The Morgan fingerprint density at radius 1 is 1.40 bits per heavy atom. The minimum absolute atomic E-state index is 0.0177. The predicted octanol–water partition coefficient (Wildman–Crippen LogP) is 2.40. The van der Waals surface area contributed by atoms with Gasteiger partial charge in [0.1, 0.15) is 10.0 Å². The fourth-order valence-corrected chi connectivity index (χ4v) is 2.81. The van der Waals surface area contributed by atoms with Crippen LogP contribution in [0.15, 0.2) is 17.2 Å². The van der Waals surface area contributed by atoms with Crippen LogP contribution in [0.2, 0.25) is 10.2 Å². The Bertz CT molecular complexity index is 550. The van der Waals surface area contributed by atoms with Crippen LogP contribution in [0.5, 0.6) is 0 Å². The molecule has 0 aliphatic rings. The summed E-state index contributed by atoms with van der Waals surface area (Å²) in [6.45, 7) is 5.36. The predicted molar refractivity (Wildman–Crippen MR) is 81.8 cm³/mol. The molecule has 0 fully saturated rings. The topological polar surface area (TPSA) is 62.3 Å². The van der Waals surface area contributed by atoms with Crippen LogP contribution in [0.25, 0.3) is 0 Å². The van der Waals surface area contributed by atoms with Gasteiger partial charge in [-0.1, -0.05) is 23.2 Å². The minimum atomic E-state index is -3.59. The zero-order chi connectivity index (χ0) is 15.3. The summed E-state index contributed by atoms with van der Waals surface area (Å²) in [5, 5.41) is 0.207. The second-order valence-electron chi connectivity index (χ2n) is 4.77. The molecule has 0 saturated heterocycles. The summed E-state index contributed by atoms with van der Waals surface area (Å²) in [6, 6.07) is 1.73. The average Bonchev–Trinajstić information content (AvgIpc) is 2.37. The number of aromatic nitrogens is 1. The molecule has 1 rings (SSSR count). The molecule has 1 aromatic rings. The van der Waals surface area contributed by atoms with Crippen LogP contribution in [0.4, 0.5) is 0 Å². The van der Waals surface area contributed by atoms with Crippen molar-refractivity contribution in [2.45, 2.75) is 31.2 Å². The molecule has 0 bridgehead atoms. The summed E-state index contributed by atoms with van der Waals surface area (Å²) >= 11 is 11.4. The highest BCUT2D eigenvalue weighted by Crippen LogP contribution is 2.21. The van der Waals surface area contributed by atoms with E-state index in [9.17, 15) is 8.42 Å². The third-order valence-corrected chi connectivity index (χ3v) is 5.06. The normalized spacial score (nSPS) is 12.3. The van der Waals surface area contributed by atoms with Crippen LogP contribution < -0.4 is 4.72 Å². The molecular formula is C12H19Cl2N3O2S. The van der Waals surface area contributed by atoms with Crippen molar-refractivity contribution in [2.24, 2.45) is 0 Å². The van der Waals surface area contributed by atoms with Crippen molar-refractivity contribution in [3.8, 4) is 0 Å². The third-order valence-electron chi connectivity index (χ3n) is 2.94. The maximum atomic E-state index is 12.0. The summed E-state index contributed by atoms with van der Waals surface area (Å²) in [5.41, 5.74) is 0. The molecule has 0 aromatic carbocycles. The molecule has 20 heavy (non-hydrogen) atoms. The Labute approximate surface area is 130 Å². The fraction of sp³-hybridized carbons (Fsp3) is 0.583. The molecule has 1 N–H and O–H groups in total. The highest BCUT2D eigenvalue weighted by atomic mass is 35.5. The van der Waals surface area contributed by atoms with E-state index in [4.69, 9.17) is 23.2 Å². The zero-order valence-electron chi connectivity index (χ0n) is 11.7. The van der Waals surface area contributed by atoms with Crippen LogP contribution in [-0.4, -0.2) is 44.5 Å². The monoisotopic (exact) mass is 339 g/mol. The van der Waals surface area contributed by atoms with Gasteiger partial charge in [-0.2, -0.15) is 0 Å². The van der Waals surface area contributed by atoms with E-state index in [0.29, 0.717) is 12.6 Å². The van der Waals surface area contributed by atoms with Gasteiger partial charge < -0.3 is 4.90 Å². The quantitative estimate of drug-likeness (QED) is 0.612. The second kappa shape index (κ2) is 7.56. The van der Waals surface area contributed by atoms with Gasteiger partial charge in [0, 0.05) is 18.8 Å². The van der Waals surface area contributed by atoms with Crippen LogP contribution in [-0.2, 0) is 10.0 Å². The molecule has 114 valence electrons. The van der Waals surface area contributed by atoms with Crippen molar-refractivity contribution < 1.29 is 8.42 Å². The van der Waals surface area contributed by atoms with Crippen molar-refractivity contribution in [3.05, 3.63) is 22.4 Å². The highest BCUT2D eigenvalue weighted by molar-refractivity contribution is 7.89. The van der Waals surface area contributed by atoms with Gasteiger partial charge in [-0.3, -0.25) is 0 Å². The number of nitrogens with one attached hydrogen (secondary N) is 1. The van der Waals surface area contributed by atoms with E-state index >= 15 is 0 Å². The van der Waals surface area contributed by atoms with E-state index < -0.39 is 10.0 Å². The standard InChI is InChI=1S/C12H19Cl2N3O2S/c1-9(2)17(3)6-4-5-16-20(18,19)10-7-11(13)12(14)15-8-10/h7-9,16H,4-6H2,1-3H3. The van der Waals surface area contributed by atoms with E-state index in [2.05, 4.69) is 28.5 Å². The number of halogens is 2. The van der Waals surface area contributed by atoms with Gasteiger partial charge in [-0.25, -0.2) is 18.1 Å². The summed E-state index contributed by atoms with van der Waals surface area (Å²) in [7, 11) is -1.59. The Hall–Kier alpha value is -0.400.